The third-order valence-corrected chi connectivity index (χ3v) is 1.84. The maximum Gasteiger partial charge on any atom is 0.323 e. The van der Waals surface area contributed by atoms with Crippen molar-refractivity contribution < 1.29 is 9.53 Å². The average Bonchev–Trinajstić information content (AvgIpc) is 2.29. The lowest BCUT2D eigenvalue weighted by atomic mass is 10.4. The summed E-state index contributed by atoms with van der Waals surface area (Å²) in [7, 11) is 1.49. The summed E-state index contributed by atoms with van der Waals surface area (Å²) in [6.07, 6.45) is 2.77. The molecule has 1 aromatic heterocycles. The Labute approximate surface area is 99.1 Å². The smallest absolute Gasteiger partial charge is 0.323 e. The van der Waals surface area contributed by atoms with E-state index < -0.39 is 12.3 Å². The molecule has 1 atom stereocenters. The van der Waals surface area contributed by atoms with Crippen LogP contribution in [0.15, 0.2) is 29.5 Å². The summed E-state index contributed by atoms with van der Waals surface area (Å²) < 4.78 is 4.86. The van der Waals surface area contributed by atoms with Crippen molar-refractivity contribution in [3.8, 4) is 0 Å². The molecule has 0 aliphatic heterocycles. The molecule has 0 saturated carbocycles. The molecule has 1 aromatic rings. The lowest BCUT2D eigenvalue weighted by molar-refractivity contribution is 0.0969. The predicted octanol–water partition coefficient (Wildman–Crippen LogP) is 0.319. The molecule has 92 valence electrons. The first-order valence-corrected chi connectivity index (χ1v) is 4.96. The van der Waals surface area contributed by atoms with Crippen molar-refractivity contribution >= 4 is 17.7 Å². The van der Waals surface area contributed by atoms with Crippen LogP contribution in [0, 0.1) is 0 Å². The zero-order valence-electron chi connectivity index (χ0n) is 9.68. The molecule has 0 fully saturated rings. The molecule has 0 radical (unpaired) electrons. The van der Waals surface area contributed by atoms with Gasteiger partial charge in [0.25, 0.3) is 0 Å². The summed E-state index contributed by atoms with van der Waals surface area (Å²) in [6.45, 7) is 1.69. The summed E-state index contributed by atoms with van der Waals surface area (Å²) in [4.78, 5) is 19.1. The van der Waals surface area contributed by atoms with Crippen LogP contribution in [-0.2, 0) is 4.74 Å². The summed E-state index contributed by atoms with van der Waals surface area (Å²) >= 11 is 0. The summed E-state index contributed by atoms with van der Waals surface area (Å²) in [5.74, 6) is -0.00277. The maximum atomic E-state index is 11.3. The number of nitrogens with zero attached hydrogens (tertiary/aromatic N) is 2. The SMILES string of the molecule is COC(C)NC(=O)NC(N)=Nc1ccncc1. The van der Waals surface area contributed by atoms with Gasteiger partial charge in [-0.25, -0.2) is 9.79 Å². The molecule has 7 heteroatoms. The first kappa shape index (κ1) is 12.9. The molecule has 1 rings (SSSR count). The van der Waals surface area contributed by atoms with E-state index >= 15 is 0 Å². The van der Waals surface area contributed by atoms with Crippen molar-refractivity contribution in [2.75, 3.05) is 7.11 Å². The molecule has 4 N–H and O–H groups in total. The van der Waals surface area contributed by atoms with Crippen molar-refractivity contribution in [2.24, 2.45) is 10.7 Å². The van der Waals surface area contributed by atoms with Gasteiger partial charge < -0.3 is 15.8 Å². The van der Waals surface area contributed by atoms with Crippen LogP contribution in [0.1, 0.15) is 6.92 Å². The number of methoxy groups -OCH3 is 1. The van der Waals surface area contributed by atoms with Gasteiger partial charge in [-0.2, -0.15) is 0 Å². The van der Waals surface area contributed by atoms with Gasteiger partial charge >= 0.3 is 6.03 Å². The van der Waals surface area contributed by atoms with Gasteiger partial charge in [-0.15, -0.1) is 0 Å². The van der Waals surface area contributed by atoms with Crippen molar-refractivity contribution in [2.45, 2.75) is 13.2 Å². The van der Waals surface area contributed by atoms with Crippen LogP contribution in [0.25, 0.3) is 0 Å². The number of guanidine groups is 1. The van der Waals surface area contributed by atoms with E-state index in [-0.39, 0.29) is 5.96 Å². The third kappa shape index (κ3) is 4.94. The molecule has 1 heterocycles. The van der Waals surface area contributed by atoms with Gasteiger partial charge in [0.1, 0.15) is 6.23 Å². The number of urea groups is 1. The highest BCUT2D eigenvalue weighted by Crippen LogP contribution is 2.06. The highest BCUT2D eigenvalue weighted by atomic mass is 16.5. The molecule has 17 heavy (non-hydrogen) atoms. The maximum absolute atomic E-state index is 11.3. The minimum Gasteiger partial charge on any atom is -0.369 e. The first-order valence-electron chi connectivity index (χ1n) is 4.96. The minimum atomic E-state index is -0.477. The fourth-order valence-corrected chi connectivity index (χ4v) is 0.982. The third-order valence-electron chi connectivity index (χ3n) is 1.84. The second-order valence-corrected chi connectivity index (χ2v) is 3.18. The van der Waals surface area contributed by atoms with E-state index in [0.717, 1.165) is 0 Å². The van der Waals surface area contributed by atoms with E-state index in [2.05, 4.69) is 20.6 Å². The van der Waals surface area contributed by atoms with Crippen LogP contribution in [0.2, 0.25) is 0 Å². The number of pyridine rings is 1. The molecule has 2 amide bonds. The standard InChI is InChI=1S/C10H15N5O2/c1-7(17-2)13-10(16)15-9(11)14-8-3-5-12-6-4-8/h3-7H,1-2H3,(H4,11,12,13,14,15,16). The number of carbonyl (C=O) groups is 1. The van der Waals surface area contributed by atoms with Crippen LogP contribution >= 0.6 is 0 Å². The van der Waals surface area contributed by atoms with Crippen LogP contribution in [0.3, 0.4) is 0 Å². The largest absolute Gasteiger partial charge is 0.369 e. The second-order valence-electron chi connectivity index (χ2n) is 3.18. The number of carbonyl (C=O) groups excluding carboxylic acids is 1. The zero-order valence-corrected chi connectivity index (χ0v) is 9.68. The van der Waals surface area contributed by atoms with Crippen LogP contribution in [0.4, 0.5) is 10.5 Å². The number of aromatic nitrogens is 1. The van der Waals surface area contributed by atoms with Gasteiger partial charge in [0.15, 0.2) is 0 Å². The predicted molar refractivity (Wildman–Crippen MR) is 63.7 cm³/mol. The Hall–Kier alpha value is -2.15. The van der Waals surface area contributed by atoms with Gasteiger partial charge in [-0.05, 0) is 19.1 Å². The molecule has 0 spiro atoms. The van der Waals surface area contributed by atoms with Gasteiger partial charge in [-0.1, -0.05) is 0 Å². The van der Waals surface area contributed by atoms with Crippen molar-refractivity contribution in [1.82, 2.24) is 15.6 Å². The second kappa shape index (κ2) is 6.44. The van der Waals surface area contributed by atoms with Gasteiger partial charge in [0.2, 0.25) is 5.96 Å². The Morgan fingerprint density at radius 3 is 2.76 bits per heavy atom. The Morgan fingerprint density at radius 2 is 2.18 bits per heavy atom. The number of nitrogens with two attached hydrogens (primary N) is 1. The molecular formula is C10H15N5O2. The van der Waals surface area contributed by atoms with Crippen LogP contribution in [-0.4, -0.2) is 30.3 Å². The van der Waals surface area contributed by atoms with Gasteiger partial charge in [-0.3, -0.25) is 10.3 Å². The number of amides is 2. The number of hydrogen-bond acceptors (Lipinski definition) is 4. The van der Waals surface area contributed by atoms with Crippen molar-refractivity contribution in [3.05, 3.63) is 24.5 Å². The van der Waals surface area contributed by atoms with E-state index in [1.165, 1.54) is 7.11 Å². The number of rotatable bonds is 3. The fourth-order valence-electron chi connectivity index (χ4n) is 0.982. The highest BCUT2D eigenvalue weighted by Gasteiger charge is 2.06. The van der Waals surface area contributed by atoms with E-state index in [4.69, 9.17) is 10.5 Å². The lowest BCUT2D eigenvalue weighted by Gasteiger charge is -2.12. The van der Waals surface area contributed by atoms with E-state index in [1.54, 1.807) is 31.5 Å². The summed E-state index contributed by atoms with van der Waals surface area (Å²) in [5, 5.41) is 4.87. The van der Waals surface area contributed by atoms with Gasteiger partial charge in [0.05, 0.1) is 5.69 Å². The average molecular weight is 237 g/mol. The molecule has 0 bridgehead atoms. The first-order chi connectivity index (χ1) is 8.11. The number of aliphatic imine (C=N–C) groups is 1. The Morgan fingerprint density at radius 1 is 1.53 bits per heavy atom. The molecule has 7 nitrogen and oxygen atoms in total. The minimum absolute atomic E-state index is 0.00277. The summed E-state index contributed by atoms with van der Waals surface area (Å²) in [5.41, 5.74) is 6.15. The molecule has 0 saturated heterocycles. The molecule has 0 aliphatic carbocycles. The number of nitrogens with one attached hydrogen (secondary N) is 2. The van der Waals surface area contributed by atoms with E-state index in [1.807, 2.05) is 0 Å². The summed E-state index contributed by atoms with van der Waals surface area (Å²) in [6, 6.07) is 2.86. The molecule has 1 unspecified atom stereocenters. The zero-order chi connectivity index (χ0) is 12.7. The number of hydrogen-bond donors (Lipinski definition) is 3. The topological polar surface area (TPSA) is 102 Å². The highest BCUT2D eigenvalue weighted by molar-refractivity contribution is 5.96. The fraction of sp³-hybridized carbons (Fsp3) is 0.300. The van der Waals surface area contributed by atoms with Crippen molar-refractivity contribution in [1.29, 1.82) is 0 Å². The quantitative estimate of drug-likeness (QED) is 0.400. The molecule has 0 aliphatic rings. The monoisotopic (exact) mass is 237 g/mol. The van der Waals surface area contributed by atoms with E-state index in [0.29, 0.717) is 5.69 Å². The Balaban J connectivity index is 2.52. The van der Waals surface area contributed by atoms with Crippen LogP contribution in [0.5, 0.6) is 0 Å². The van der Waals surface area contributed by atoms with Crippen LogP contribution < -0.4 is 16.4 Å². The molecular weight excluding hydrogens is 222 g/mol. The number of ether oxygens (including phenoxy) is 1. The Kier molecular flexibility index (Phi) is 4.89. The normalized spacial score (nSPS) is 12.9. The van der Waals surface area contributed by atoms with Crippen molar-refractivity contribution in [3.63, 3.8) is 0 Å². The van der Waals surface area contributed by atoms with E-state index in [9.17, 15) is 4.79 Å². The van der Waals surface area contributed by atoms with Gasteiger partial charge in [0, 0.05) is 19.5 Å². The molecule has 0 aromatic carbocycles. The lowest BCUT2D eigenvalue weighted by Crippen LogP contribution is -2.46. The Bertz CT molecular complexity index is 393.